The molecule has 182 valence electrons. The number of hydrogen-bond acceptors (Lipinski definition) is 6. The molecule has 4 fully saturated rings. The Hall–Kier alpha value is -2.10. The number of ether oxygens (including phenoxy) is 2. The lowest BCUT2D eigenvalue weighted by Gasteiger charge is -2.70. The molecule has 1 aromatic heterocycles. The average Bonchev–Trinajstić information content (AvgIpc) is 3.14. The van der Waals surface area contributed by atoms with Crippen molar-refractivity contribution in [2.24, 2.45) is 5.41 Å². The van der Waals surface area contributed by atoms with E-state index in [1.165, 1.54) is 0 Å². The molecule has 1 aliphatic heterocycles. The second kappa shape index (κ2) is 7.45. The summed E-state index contributed by atoms with van der Waals surface area (Å²) in [5.74, 6) is 0.975. The number of carbonyl (C=O) groups excluding carboxylic acids is 1. The third-order valence-electron chi connectivity index (χ3n) is 7.96. The summed E-state index contributed by atoms with van der Waals surface area (Å²) in [6, 6.07) is 6.87. The fraction of sp³-hybridized carbons (Fsp3) is 0.583. The Morgan fingerprint density at radius 1 is 1.21 bits per heavy atom. The Kier molecular flexibility index (Phi) is 4.90. The third kappa shape index (κ3) is 3.72. The van der Waals surface area contributed by atoms with Crippen molar-refractivity contribution in [1.82, 2.24) is 5.16 Å². The number of nitrogens with zero attached hydrogens (tertiary/aromatic N) is 1. The Morgan fingerprint density at radius 3 is 2.65 bits per heavy atom. The fourth-order valence-corrected chi connectivity index (χ4v) is 6.55. The number of aliphatic hydroxyl groups excluding tert-OH is 1. The van der Waals surface area contributed by atoms with Crippen LogP contribution >= 0.6 is 11.6 Å². The summed E-state index contributed by atoms with van der Waals surface area (Å²) in [7, 11) is 0. The van der Waals surface area contributed by atoms with Gasteiger partial charge in [-0.25, -0.2) is 0 Å². The highest BCUT2D eigenvalue weighted by Gasteiger charge is 2.70. The molecule has 1 aromatic carbocycles. The molecule has 6 nitrogen and oxygen atoms in total. The molecule has 2 bridgehead atoms. The summed E-state index contributed by atoms with van der Waals surface area (Å²) in [5, 5.41) is 15.2. The normalized spacial score (nSPS) is 35.9. The van der Waals surface area contributed by atoms with Crippen LogP contribution in [0.5, 0.6) is 5.75 Å². The summed E-state index contributed by atoms with van der Waals surface area (Å²) in [6.45, 7) is 0. The topological polar surface area (TPSA) is 81.8 Å². The van der Waals surface area contributed by atoms with Crippen LogP contribution in [0.4, 0.5) is 13.2 Å². The molecular formula is C24H23ClF3NO5. The zero-order valence-corrected chi connectivity index (χ0v) is 18.9. The second-order valence-electron chi connectivity index (χ2n) is 10.5. The zero-order chi connectivity index (χ0) is 23.9. The Labute approximate surface area is 198 Å². The Bertz CT molecular complexity index is 1120. The van der Waals surface area contributed by atoms with E-state index in [1.807, 2.05) is 6.07 Å². The summed E-state index contributed by atoms with van der Waals surface area (Å²) in [4.78, 5) is 13.0. The van der Waals surface area contributed by atoms with Crippen LogP contribution < -0.4 is 4.74 Å². The molecule has 0 spiro atoms. The van der Waals surface area contributed by atoms with Gasteiger partial charge in [0.05, 0.1) is 17.9 Å². The monoisotopic (exact) mass is 497 g/mol. The Morgan fingerprint density at radius 2 is 1.94 bits per heavy atom. The smallest absolute Gasteiger partial charge is 0.482 e. The number of rotatable bonds is 6. The summed E-state index contributed by atoms with van der Waals surface area (Å²) in [6.07, 6.45) is -3.32. The standard InChI is InChI=1S/C24H23ClF3NO5/c25-13-1-2-18-15(5-13)16(30)6-20(32-18)17(31)8-22-9-23(10-22,11-22)21-7-19(34-29-21)12-3-14(4-12)33-24(26,27)28/h1-2,5,7,12,14,16,20,30H,3-4,6,8-11H2/t12?,14?,16-,20+,22?,23?/m1/s1. The van der Waals surface area contributed by atoms with Crippen LogP contribution in [0.2, 0.25) is 5.02 Å². The third-order valence-corrected chi connectivity index (χ3v) is 8.19. The maximum atomic E-state index is 13.0. The molecule has 5 aliphatic rings. The molecule has 4 aliphatic carbocycles. The van der Waals surface area contributed by atoms with Gasteiger partial charge < -0.3 is 14.4 Å². The van der Waals surface area contributed by atoms with Gasteiger partial charge in [0.15, 0.2) is 11.9 Å². The van der Waals surface area contributed by atoms with Gasteiger partial charge in [0.2, 0.25) is 0 Å². The first kappa shape index (κ1) is 22.4. The van der Waals surface area contributed by atoms with E-state index in [2.05, 4.69) is 9.89 Å². The number of halogens is 4. The van der Waals surface area contributed by atoms with Crippen LogP contribution in [-0.4, -0.2) is 34.6 Å². The lowest BCUT2D eigenvalue weighted by molar-refractivity contribution is -0.352. The SMILES string of the molecule is O=C(CC12CC(c3cc(C4CC(OC(F)(F)F)C4)on3)(C1)C2)[C@@H]1C[C@@H](O)c2cc(Cl)ccc2O1. The van der Waals surface area contributed by atoms with Crippen molar-refractivity contribution in [2.75, 3.05) is 0 Å². The molecular weight excluding hydrogens is 475 g/mol. The number of alkyl halides is 3. The predicted molar refractivity (Wildman–Crippen MR) is 112 cm³/mol. The number of aromatic nitrogens is 1. The van der Waals surface area contributed by atoms with Gasteiger partial charge in [0, 0.05) is 40.8 Å². The summed E-state index contributed by atoms with van der Waals surface area (Å²) >= 11 is 5.99. The number of hydrogen-bond donors (Lipinski definition) is 1. The molecule has 2 atom stereocenters. The zero-order valence-electron chi connectivity index (χ0n) is 18.1. The van der Waals surface area contributed by atoms with E-state index in [0.717, 1.165) is 25.0 Å². The van der Waals surface area contributed by atoms with Crippen LogP contribution in [0.1, 0.15) is 74.0 Å². The first-order valence-electron chi connectivity index (χ1n) is 11.4. The number of carbonyl (C=O) groups is 1. The molecule has 10 heteroatoms. The van der Waals surface area contributed by atoms with E-state index in [4.69, 9.17) is 20.9 Å². The highest BCUT2D eigenvalue weighted by molar-refractivity contribution is 6.30. The second-order valence-corrected chi connectivity index (χ2v) is 10.9. The molecule has 0 unspecified atom stereocenters. The minimum atomic E-state index is -4.61. The molecule has 7 rings (SSSR count). The van der Waals surface area contributed by atoms with Crippen LogP contribution in [0, 0.1) is 5.41 Å². The van der Waals surface area contributed by atoms with Crippen molar-refractivity contribution in [3.05, 3.63) is 46.3 Å². The van der Waals surface area contributed by atoms with Crippen molar-refractivity contribution in [2.45, 2.75) is 81.0 Å². The highest BCUT2D eigenvalue weighted by Crippen LogP contribution is 2.75. The molecule has 2 heterocycles. The van der Waals surface area contributed by atoms with Crippen molar-refractivity contribution in [3.8, 4) is 5.75 Å². The van der Waals surface area contributed by atoms with Crippen molar-refractivity contribution < 1.29 is 37.1 Å². The van der Waals surface area contributed by atoms with Gasteiger partial charge >= 0.3 is 6.36 Å². The molecule has 34 heavy (non-hydrogen) atoms. The minimum Gasteiger partial charge on any atom is -0.482 e. The molecule has 4 saturated carbocycles. The van der Waals surface area contributed by atoms with Gasteiger partial charge in [-0.3, -0.25) is 9.53 Å². The molecule has 0 saturated heterocycles. The minimum absolute atomic E-state index is 0.0148. The first-order valence-corrected chi connectivity index (χ1v) is 11.8. The van der Waals surface area contributed by atoms with Crippen molar-refractivity contribution in [1.29, 1.82) is 0 Å². The number of fused-ring (bicyclic) bond motifs is 1. The summed E-state index contributed by atoms with van der Waals surface area (Å²) < 4.78 is 52.3. The van der Waals surface area contributed by atoms with Crippen LogP contribution in [0.15, 0.2) is 28.8 Å². The van der Waals surface area contributed by atoms with Crippen molar-refractivity contribution >= 4 is 17.4 Å². The quantitative estimate of drug-likeness (QED) is 0.577. The largest absolute Gasteiger partial charge is 0.522 e. The lowest BCUT2D eigenvalue weighted by Crippen LogP contribution is -2.65. The van der Waals surface area contributed by atoms with Gasteiger partial charge in [0.25, 0.3) is 0 Å². The van der Waals surface area contributed by atoms with Gasteiger partial charge in [-0.1, -0.05) is 16.8 Å². The maximum Gasteiger partial charge on any atom is 0.522 e. The number of ketones is 1. The predicted octanol–water partition coefficient (Wildman–Crippen LogP) is 5.38. The van der Waals surface area contributed by atoms with E-state index in [-0.39, 0.29) is 41.8 Å². The maximum absolute atomic E-state index is 13.0. The van der Waals surface area contributed by atoms with E-state index >= 15 is 0 Å². The van der Waals surface area contributed by atoms with Crippen LogP contribution in [-0.2, 0) is 14.9 Å². The highest BCUT2D eigenvalue weighted by atomic mass is 35.5. The van der Waals surface area contributed by atoms with Gasteiger partial charge in [-0.05, 0) is 55.7 Å². The molecule has 0 amide bonds. The summed E-state index contributed by atoms with van der Waals surface area (Å²) in [5.41, 5.74) is 1.24. The van der Waals surface area contributed by atoms with Gasteiger partial charge in [-0.2, -0.15) is 0 Å². The number of aliphatic hydroxyl groups is 1. The van der Waals surface area contributed by atoms with Gasteiger partial charge in [0.1, 0.15) is 11.5 Å². The van der Waals surface area contributed by atoms with Crippen LogP contribution in [0.25, 0.3) is 0 Å². The van der Waals surface area contributed by atoms with Crippen molar-refractivity contribution in [3.63, 3.8) is 0 Å². The first-order chi connectivity index (χ1) is 16.0. The number of Topliss-reactive ketones (excluding diaryl/α,β-unsaturated/α-hetero) is 1. The van der Waals surface area contributed by atoms with E-state index < -0.39 is 24.7 Å². The molecule has 2 aromatic rings. The van der Waals surface area contributed by atoms with E-state index in [9.17, 15) is 23.1 Å². The molecule has 1 N–H and O–H groups in total. The molecule has 0 radical (unpaired) electrons. The van der Waals surface area contributed by atoms with E-state index in [1.54, 1.807) is 18.2 Å². The lowest BCUT2D eigenvalue weighted by atomic mass is 9.33. The van der Waals surface area contributed by atoms with Gasteiger partial charge in [-0.15, -0.1) is 13.2 Å². The Balaban J connectivity index is 1.03. The van der Waals surface area contributed by atoms with Crippen LogP contribution in [0.3, 0.4) is 0 Å². The fourth-order valence-electron chi connectivity index (χ4n) is 6.37. The van der Waals surface area contributed by atoms with E-state index in [0.29, 0.717) is 28.5 Å². The number of benzene rings is 1. The average molecular weight is 498 g/mol.